The van der Waals surface area contributed by atoms with Gasteiger partial charge in [-0.2, -0.15) is 0 Å². The van der Waals surface area contributed by atoms with Crippen LogP contribution in [0.1, 0.15) is 57.9 Å². The highest BCUT2D eigenvalue weighted by molar-refractivity contribution is 5.83. The van der Waals surface area contributed by atoms with Crippen LogP contribution >= 0.6 is 0 Å². The molecular formula is C20H26N2O2. The minimum absolute atomic E-state index is 0.132. The van der Waals surface area contributed by atoms with Crippen LogP contribution in [0.3, 0.4) is 0 Å². The van der Waals surface area contributed by atoms with E-state index < -0.39 is 5.60 Å². The van der Waals surface area contributed by atoms with Crippen molar-refractivity contribution in [1.82, 2.24) is 9.88 Å². The first-order valence-electron chi connectivity index (χ1n) is 9.00. The summed E-state index contributed by atoms with van der Waals surface area (Å²) in [6.07, 6.45) is 6.31. The lowest BCUT2D eigenvalue weighted by Gasteiger charge is -2.39. The Bertz CT molecular complexity index is 744. The first-order valence-corrected chi connectivity index (χ1v) is 9.00. The van der Waals surface area contributed by atoms with Crippen molar-refractivity contribution < 1.29 is 9.53 Å². The van der Waals surface area contributed by atoms with Gasteiger partial charge in [0.1, 0.15) is 5.60 Å². The number of aromatic amines is 1. The molecule has 2 aromatic rings. The smallest absolute Gasteiger partial charge is 0.410 e. The normalized spacial score (nSPS) is 26.8. The number of H-pyrrole nitrogens is 1. The molecule has 0 radical (unpaired) electrons. The Labute approximate surface area is 143 Å². The molecule has 0 saturated carbocycles. The van der Waals surface area contributed by atoms with E-state index in [1.54, 1.807) is 0 Å². The van der Waals surface area contributed by atoms with Gasteiger partial charge in [0.2, 0.25) is 0 Å². The number of aromatic nitrogens is 1. The van der Waals surface area contributed by atoms with Crippen molar-refractivity contribution in [1.29, 1.82) is 0 Å². The van der Waals surface area contributed by atoms with Gasteiger partial charge >= 0.3 is 6.09 Å². The summed E-state index contributed by atoms with van der Waals surface area (Å²) in [6.45, 7) is 5.81. The van der Waals surface area contributed by atoms with Crippen LogP contribution in [-0.4, -0.2) is 33.7 Å². The molecule has 0 aliphatic carbocycles. The number of carbonyl (C=O) groups is 1. The number of fused-ring (bicyclic) bond motifs is 3. The van der Waals surface area contributed by atoms with Gasteiger partial charge in [-0.3, -0.25) is 0 Å². The monoisotopic (exact) mass is 326 g/mol. The van der Waals surface area contributed by atoms with E-state index in [2.05, 4.69) is 35.4 Å². The summed E-state index contributed by atoms with van der Waals surface area (Å²) in [5.74, 6) is 0.525. The minimum atomic E-state index is -0.426. The Morgan fingerprint density at radius 1 is 1.17 bits per heavy atom. The number of piperidine rings is 1. The molecule has 1 unspecified atom stereocenters. The second-order valence-corrected chi connectivity index (χ2v) is 8.23. The summed E-state index contributed by atoms with van der Waals surface area (Å²) >= 11 is 0. The molecule has 2 saturated heterocycles. The third-order valence-electron chi connectivity index (χ3n) is 5.40. The van der Waals surface area contributed by atoms with E-state index in [-0.39, 0.29) is 6.09 Å². The SMILES string of the molecule is CC(C)(C)OC(=O)N1[C@@H]2CC[C@H]1CC(c1c[nH]c3ccccc13)C2. The lowest BCUT2D eigenvalue weighted by atomic mass is 9.85. The summed E-state index contributed by atoms with van der Waals surface area (Å²) in [4.78, 5) is 18.0. The standard InChI is InChI=1S/C20H26N2O2/c1-20(2,3)24-19(23)22-14-8-9-15(22)11-13(10-14)17-12-21-18-7-5-4-6-16(17)18/h4-7,12-15,21H,8-11H2,1-3H3/t13?,14-,15+. The molecule has 1 amide bonds. The van der Waals surface area contributed by atoms with Crippen molar-refractivity contribution in [2.75, 3.05) is 0 Å². The van der Waals surface area contributed by atoms with Gasteiger partial charge in [0, 0.05) is 29.2 Å². The maximum absolute atomic E-state index is 12.6. The molecule has 1 aromatic heterocycles. The van der Waals surface area contributed by atoms with E-state index in [0.29, 0.717) is 18.0 Å². The Balaban J connectivity index is 1.55. The molecule has 4 heteroatoms. The average molecular weight is 326 g/mol. The van der Waals surface area contributed by atoms with Crippen molar-refractivity contribution in [3.05, 3.63) is 36.0 Å². The second kappa shape index (κ2) is 5.54. The summed E-state index contributed by atoms with van der Waals surface area (Å²) in [5.41, 5.74) is 2.19. The second-order valence-electron chi connectivity index (χ2n) is 8.23. The number of hydrogen-bond acceptors (Lipinski definition) is 2. The number of ether oxygens (including phenoxy) is 1. The Kier molecular flexibility index (Phi) is 3.59. The fraction of sp³-hybridized carbons (Fsp3) is 0.550. The first-order chi connectivity index (χ1) is 11.4. The molecule has 4 rings (SSSR count). The number of nitrogens with one attached hydrogen (secondary N) is 1. The molecule has 3 atom stereocenters. The molecule has 1 aromatic carbocycles. The summed E-state index contributed by atoms with van der Waals surface area (Å²) in [6, 6.07) is 9.13. The molecule has 2 fully saturated rings. The molecule has 4 nitrogen and oxygen atoms in total. The molecule has 24 heavy (non-hydrogen) atoms. The number of hydrogen-bond donors (Lipinski definition) is 1. The summed E-state index contributed by atoms with van der Waals surface area (Å²) in [7, 11) is 0. The molecule has 2 aliphatic rings. The van der Waals surface area contributed by atoms with Gasteiger partial charge in [0.15, 0.2) is 0 Å². The van der Waals surface area contributed by atoms with Gasteiger partial charge in [-0.1, -0.05) is 18.2 Å². The van der Waals surface area contributed by atoms with Gasteiger partial charge < -0.3 is 14.6 Å². The molecule has 1 N–H and O–H groups in total. The van der Waals surface area contributed by atoms with Gasteiger partial charge in [-0.25, -0.2) is 4.79 Å². The van der Waals surface area contributed by atoms with Gasteiger partial charge in [0.25, 0.3) is 0 Å². The van der Waals surface area contributed by atoms with Crippen LogP contribution in [0, 0.1) is 0 Å². The lowest BCUT2D eigenvalue weighted by Crippen LogP contribution is -2.48. The highest BCUT2D eigenvalue weighted by Crippen LogP contribution is 2.45. The topological polar surface area (TPSA) is 45.3 Å². The van der Waals surface area contributed by atoms with E-state index in [0.717, 1.165) is 25.7 Å². The van der Waals surface area contributed by atoms with Crippen molar-refractivity contribution in [2.24, 2.45) is 0 Å². The zero-order valence-corrected chi connectivity index (χ0v) is 14.7. The predicted octanol–water partition coefficient (Wildman–Crippen LogP) is 4.81. The number of para-hydroxylation sites is 1. The van der Waals surface area contributed by atoms with Crippen molar-refractivity contribution >= 4 is 17.0 Å². The van der Waals surface area contributed by atoms with Crippen LogP contribution in [0.15, 0.2) is 30.5 Å². The fourth-order valence-electron chi connectivity index (χ4n) is 4.48. The maximum Gasteiger partial charge on any atom is 0.410 e. The molecular weight excluding hydrogens is 300 g/mol. The average Bonchev–Trinajstić information content (AvgIpc) is 3.05. The maximum atomic E-state index is 12.6. The van der Waals surface area contributed by atoms with Crippen molar-refractivity contribution in [3.8, 4) is 0 Å². The highest BCUT2D eigenvalue weighted by atomic mass is 16.6. The van der Waals surface area contributed by atoms with Crippen molar-refractivity contribution in [2.45, 2.75) is 70.1 Å². The van der Waals surface area contributed by atoms with E-state index in [9.17, 15) is 4.79 Å². The van der Waals surface area contributed by atoms with Crippen LogP contribution in [0.25, 0.3) is 10.9 Å². The van der Waals surface area contributed by atoms with Crippen LogP contribution in [0.5, 0.6) is 0 Å². The molecule has 2 aliphatic heterocycles. The Hall–Kier alpha value is -1.97. The number of carbonyl (C=O) groups excluding carboxylic acids is 1. The van der Waals surface area contributed by atoms with Crippen LogP contribution in [0.2, 0.25) is 0 Å². The minimum Gasteiger partial charge on any atom is -0.444 e. The summed E-state index contributed by atoms with van der Waals surface area (Å²) in [5, 5.41) is 1.33. The zero-order chi connectivity index (χ0) is 16.9. The Morgan fingerprint density at radius 2 is 1.83 bits per heavy atom. The molecule has 3 heterocycles. The van der Waals surface area contributed by atoms with Crippen LogP contribution in [-0.2, 0) is 4.74 Å². The molecule has 128 valence electrons. The fourth-order valence-corrected chi connectivity index (χ4v) is 4.48. The van der Waals surface area contributed by atoms with E-state index in [1.165, 1.54) is 16.5 Å². The Morgan fingerprint density at radius 3 is 2.50 bits per heavy atom. The van der Waals surface area contributed by atoms with Gasteiger partial charge in [-0.05, 0) is 64.0 Å². The number of amides is 1. The van der Waals surface area contributed by atoms with Crippen LogP contribution < -0.4 is 0 Å². The molecule has 0 spiro atoms. The quantitative estimate of drug-likeness (QED) is 0.817. The largest absolute Gasteiger partial charge is 0.444 e. The van der Waals surface area contributed by atoms with E-state index >= 15 is 0 Å². The zero-order valence-electron chi connectivity index (χ0n) is 14.7. The van der Waals surface area contributed by atoms with E-state index in [4.69, 9.17) is 4.74 Å². The third kappa shape index (κ3) is 2.68. The first kappa shape index (κ1) is 15.6. The van der Waals surface area contributed by atoms with E-state index in [1.807, 2.05) is 25.7 Å². The van der Waals surface area contributed by atoms with Crippen molar-refractivity contribution in [3.63, 3.8) is 0 Å². The predicted molar refractivity (Wildman–Crippen MR) is 95.2 cm³/mol. The number of benzene rings is 1. The molecule has 2 bridgehead atoms. The van der Waals surface area contributed by atoms with Crippen LogP contribution in [0.4, 0.5) is 4.79 Å². The van der Waals surface area contributed by atoms with Gasteiger partial charge in [0.05, 0.1) is 0 Å². The summed E-state index contributed by atoms with van der Waals surface area (Å²) < 4.78 is 5.64. The number of nitrogens with zero attached hydrogens (tertiary/aromatic N) is 1. The highest BCUT2D eigenvalue weighted by Gasteiger charge is 2.45. The number of rotatable bonds is 1. The third-order valence-corrected chi connectivity index (χ3v) is 5.40. The lowest BCUT2D eigenvalue weighted by molar-refractivity contribution is 0.00590. The van der Waals surface area contributed by atoms with Gasteiger partial charge in [-0.15, -0.1) is 0 Å².